The van der Waals surface area contributed by atoms with Gasteiger partial charge < -0.3 is 10.1 Å². The minimum absolute atomic E-state index is 0.442. The van der Waals surface area contributed by atoms with E-state index in [-0.39, 0.29) is 0 Å². The molecule has 0 aromatic carbocycles. The maximum atomic E-state index is 5.65. The second-order valence-corrected chi connectivity index (χ2v) is 7.67. The molecule has 1 atom stereocenters. The van der Waals surface area contributed by atoms with Crippen LogP contribution in [-0.2, 0) is 4.74 Å². The van der Waals surface area contributed by atoms with Crippen LogP contribution in [0.5, 0.6) is 0 Å². The van der Waals surface area contributed by atoms with Crippen LogP contribution in [0.25, 0.3) is 0 Å². The van der Waals surface area contributed by atoms with Crippen LogP contribution in [0, 0.1) is 11.3 Å². The van der Waals surface area contributed by atoms with Gasteiger partial charge in [0.15, 0.2) is 0 Å². The van der Waals surface area contributed by atoms with E-state index in [9.17, 15) is 0 Å². The van der Waals surface area contributed by atoms with Gasteiger partial charge in [-0.2, -0.15) is 0 Å². The van der Waals surface area contributed by atoms with Gasteiger partial charge in [0.1, 0.15) is 0 Å². The zero-order valence-corrected chi connectivity index (χ0v) is 14.5. The average Bonchev–Trinajstić information content (AvgIpc) is 2.48. The summed E-state index contributed by atoms with van der Waals surface area (Å²) < 4.78 is 5.65. The molecule has 2 heterocycles. The van der Waals surface area contributed by atoms with Crippen LogP contribution in [-0.4, -0.2) is 50.3 Å². The molecule has 124 valence electrons. The first-order chi connectivity index (χ1) is 10.2. The fourth-order valence-electron chi connectivity index (χ4n) is 3.98. The average molecular weight is 296 g/mol. The summed E-state index contributed by atoms with van der Waals surface area (Å²) in [4.78, 5) is 2.80. The third-order valence-corrected chi connectivity index (χ3v) is 5.36. The molecular weight excluding hydrogens is 260 g/mol. The van der Waals surface area contributed by atoms with E-state index in [0.29, 0.717) is 5.41 Å². The lowest BCUT2D eigenvalue weighted by Crippen LogP contribution is -2.51. The van der Waals surface area contributed by atoms with Crippen LogP contribution >= 0.6 is 0 Å². The fourth-order valence-corrected chi connectivity index (χ4v) is 3.98. The number of likely N-dealkylation sites (tertiary alicyclic amines) is 1. The molecule has 0 aromatic rings. The van der Waals surface area contributed by atoms with Crippen LogP contribution in [0.15, 0.2) is 0 Å². The highest BCUT2D eigenvalue weighted by molar-refractivity contribution is 4.90. The molecule has 0 spiro atoms. The Bertz CT molecular complexity index is 287. The summed E-state index contributed by atoms with van der Waals surface area (Å²) in [5.41, 5.74) is 0.442. The smallest absolute Gasteiger partial charge is 0.0472 e. The first-order valence-corrected chi connectivity index (χ1v) is 9.18. The molecule has 2 aliphatic heterocycles. The van der Waals surface area contributed by atoms with E-state index in [1.54, 1.807) is 0 Å². The van der Waals surface area contributed by atoms with Crippen molar-refractivity contribution in [2.45, 2.75) is 65.3 Å². The van der Waals surface area contributed by atoms with Crippen molar-refractivity contribution >= 4 is 0 Å². The molecule has 3 nitrogen and oxygen atoms in total. The maximum absolute atomic E-state index is 5.65. The van der Waals surface area contributed by atoms with Gasteiger partial charge in [-0.1, -0.05) is 27.2 Å². The summed E-state index contributed by atoms with van der Waals surface area (Å²) in [5, 5.41) is 3.74. The van der Waals surface area contributed by atoms with Crippen molar-refractivity contribution in [2.24, 2.45) is 11.3 Å². The molecule has 0 amide bonds. The van der Waals surface area contributed by atoms with Gasteiger partial charge in [-0.25, -0.2) is 0 Å². The predicted molar refractivity (Wildman–Crippen MR) is 89.7 cm³/mol. The third-order valence-electron chi connectivity index (χ3n) is 5.36. The van der Waals surface area contributed by atoms with Crippen molar-refractivity contribution in [3.8, 4) is 0 Å². The fraction of sp³-hybridized carbons (Fsp3) is 1.00. The number of ether oxygens (including phenoxy) is 1. The zero-order chi connectivity index (χ0) is 15.1. The molecule has 0 saturated carbocycles. The first-order valence-electron chi connectivity index (χ1n) is 9.18. The highest BCUT2D eigenvalue weighted by Crippen LogP contribution is 2.33. The molecule has 0 aromatic heterocycles. The summed E-state index contributed by atoms with van der Waals surface area (Å²) in [6, 6.07) is 0.823. The lowest BCUT2D eigenvalue weighted by atomic mass is 9.78. The van der Waals surface area contributed by atoms with E-state index < -0.39 is 0 Å². The van der Waals surface area contributed by atoms with Gasteiger partial charge in [0.2, 0.25) is 0 Å². The monoisotopic (exact) mass is 296 g/mol. The molecule has 1 unspecified atom stereocenters. The van der Waals surface area contributed by atoms with Gasteiger partial charge >= 0.3 is 0 Å². The summed E-state index contributed by atoms with van der Waals surface area (Å²) in [6.07, 6.45) is 7.99. The Balaban J connectivity index is 1.94. The quantitative estimate of drug-likeness (QED) is 0.780. The summed E-state index contributed by atoms with van der Waals surface area (Å²) in [6.45, 7) is 13.7. The van der Waals surface area contributed by atoms with Crippen molar-refractivity contribution in [3.05, 3.63) is 0 Å². The number of hydrogen-bond donors (Lipinski definition) is 1. The van der Waals surface area contributed by atoms with Gasteiger partial charge in [0.05, 0.1) is 0 Å². The van der Waals surface area contributed by atoms with Crippen molar-refractivity contribution < 1.29 is 4.74 Å². The number of hydrogen-bond acceptors (Lipinski definition) is 3. The molecule has 2 aliphatic rings. The largest absolute Gasteiger partial charge is 0.381 e. The Morgan fingerprint density at radius 3 is 2.67 bits per heavy atom. The Morgan fingerprint density at radius 2 is 2.00 bits per heavy atom. The lowest BCUT2D eigenvalue weighted by molar-refractivity contribution is -0.0179. The number of nitrogens with zero attached hydrogens (tertiary/aromatic N) is 1. The van der Waals surface area contributed by atoms with Crippen LogP contribution in [0.1, 0.15) is 59.3 Å². The highest BCUT2D eigenvalue weighted by Gasteiger charge is 2.36. The predicted octanol–water partition coefficient (Wildman–Crippen LogP) is 3.29. The van der Waals surface area contributed by atoms with Gasteiger partial charge in [0.25, 0.3) is 0 Å². The first kappa shape index (κ1) is 17.2. The van der Waals surface area contributed by atoms with Crippen LogP contribution in [0.3, 0.4) is 0 Å². The Hall–Kier alpha value is -0.120. The zero-order valence-electron chi connectivity index (χ0n) is 14.5. The summed E-state index contributed by atoms with van der Waals surface area (Å²) >= 11 is 0. The van der Waals surface area contributed by atoms with E-state index in [4.69, 9.17) is 4.74 Å². The van der Waals surface area contributed by atoms with Crippen LogP contribution in [0.4, 0.5) is 0 Å². The van der Waals surface area contributed by atoms with Crippen molar-refractivity contribution in [1.82, 2.24) is 10.2 Å². The van der Waals surface area contributed by atoms with E-state index in [1.807, 2.05) is 0 Å². The topological polar surface area (TPSA) is 24.5 Å². The maximum Gasteiger partial charge on any atom is 0.0472 e. The van der Waals surface area contributed by atoms with Gasteiger partial charge in [-0.05, 0) is 56.5 Å². The van der Waals surface area contributed by atoms with Crippen LogP contribution < -0.4 is 5.32 Å². The number of rotatable bonds is 7. The summed E-state index contributed by atoms with van der Waals surface area (Å²) in [5.74, 6) is 0.736. The second-order valence-electron chi connectivity index (χ2n) is 7.67. The van der Waals surface area contributed by atoms with Gasteiger partial charge in [-0.3, -0.25) is 4.90 Å². The highest BCUT2D eigenvalue weighted by atomic mass is 16.5. The third kappa shape index (κ3) is 5.22. The molecule has 0 radical (unpaired) electrons. The number of nitrogens with one attached hydrogen (secondary N) is 1. The molecule has 2 fully saturated rings. The Labute approximate surface area is 131 Å². The SMILES string of the molecule is CCC1CCCCN1CC1(CNCC(C)C)CCOCC1. The van der Waals surface area contributed by atoms with Gasteiger partial charge in [0, 0.05) is 32.3 Å². The van der Waals surface area contributed by atoms with Crippen LogP contribution in [0.2, 0.25) is 0 Å². The van der Waals surface area contributed by atoms with Crippen molar-refractivity contribution in [2.75, 3.05) is 39.4 Å². The second kappa shape index (κ2) is 8.50. The van der Waals surface area contributed by atoms with E-state index in [2.05, 4.69) is 31.0 Å². The Kier molecular flexibility index (Phi) is 6.97. The lowest BCUT2D eigenvalue weighted by Gasteiger charge is -2.45. The van der Waals surface area contributed by atoms with Crippen molar-refractivity contribution in [3.63, 3.8) is 0 Å². The molecule has 3 heteroatoms. The molecule has 0 aliphatic carbocycles. The minimum Gasteiger partial charge on any atom is -0.381 e. The van der Waals surface area contributed by atoms with E-state index >= 15 is 0 Å². The molecule has 1 N–H and O–H groups in total. The standard InChI is InChI=1S/C18H36N2O/c1-4-17-7-5-6-10-20(17)15-18(8-11-21-12-9-18)14-19-13-16(2)3/h16-17,19H,4-15H2,1-3H3. The van der Waals surface area contributed by atoms with E-state index in [1.165, 1.54) is 58.2 Å². The van der Waals surface area contributed by atoms with Gasteiger partial charge in [-0.15, -0.1) is 0 Å². The Morgan fingerprint density at radius 1 is 1.24 bits per heavy atom. The molecular formula is C18H36N2O. The molecule has 2 rings (SSSR count). The van der Waals surface area contributed by atoms with Crippen molar-refractivity contribution in [1.29, 1.82) is 0 Å². The normalized spacial score (nSPS) is 27.1. The van der Waals surface area contributed by atoms with E-state index in [0.717, 1.165) is 31.7 Å². The summed E-state index contributed by atoms with van der Waals surface area (Å²) in [7, 11) is 0. The number of piperidine rings is 1. The molecule has 21 heavy (non-hydrogen) atoms. The molecule has 0 bridgehead atoms. The molecule has 2 saturated heterocycles. The minimum atomic E-state index is 0.442.